The van der Waals surface area contributed by atoms with Crippen LogP contribution >= 0.6 is 0 Å². The van der Waals surface area contributed by atoms with Gasteiger partial charge in [-0.15, -0.1) is 0 Å². The van der Waals surface area contributed by atoms with Gasteiger partial charge in [0.25, 0.3) is 0 Å². The predicted octanol–water partition coefficient (Wildman–Crippen LogP) is 1.37. The first-order valence-electron chi connectivity index (χ1n) is 7.80. The van der Waals surface area contributed by atoms with Crippen LogP contribution in [0.4, 0.5) is 0 Å². The van der Waals surface area contributed by atoms with Crippen LogP contribution in [0.1, 0.15) is 46.0 Å². The largest absolute Gasteiger partial charge is 0.354 e. The van der Waals surface area contributed by atoms with Gasteiger partial charge in [-0.05, 0) is 52.6 Å². The summed E-state index contributed by atoms with van der Waals surface area (Å²) in [5.74, 6) is 0.248. The second kappa shape index (κ2) is 6.23. The van der Waals surface area contributed by atoms with Crippen LogP contribution in [0.15, 0.2) is 0 Å². The van der Waals surface area contributed by atoms with Gasteiger partial charge in [0, 0.05) is 25.2 Å². The summed E-state index contributed by atoms with van der Waals surface area (Å²) in [5, 5.41) is 6.56. The molecule has 2 aliphatic rings. The van der Waals surface area contributed by atoms with Crippen LogP contribution in [0.2, 0.25) is 0 Å². The predicted molar refractivity (Wildman–Crippen MR) is 78.1 cm³/mol. The molecule has 19 heavy (non-hydrogen) atoms. The highest BCUT2D eigenvalue weighted by Gasteiger charge is 2.38. The summed E-state index contributed by atoms with van der Waals surface area (Å²) < 4.78 is 0. The van der Waals surface area contributed by atoms with Crippen molar-refractivity contribution in [1.29, 1.82) is 0 Å². The molecule has 1 saturated carbocycles. The summed E-state index contributed by atoms with van der Waals surface area (Å²) in [4.78, 5) is 14.9. The van der Waals surface area contributed by atoms with E-state index in [1.165, 1.54) is 12.8 Å². The van der Waals surface area contributed by atoms with E-state index >= 15 is 0 Å². The molecule has 1 saturated heterocycles. The molecule has 2 rings (SSSR count). The number of rotatable bonds is 6. The molecular weight excluding hydrogens is 238 g/mol. The molecule has 4 nitrogen and oxygen atoms in total. The van der Waals surface area contributed by atoms with E-state index < -0.39 is 0 Å². The first-order valence-corrected chi connectivity index (χ1v) is 7.80. The fourth-order valence-corrected chi connectivity index (χ4v) is 3.04. The summed E-state index contributed by atoms with van der Waals surface area (Å²) in [7, 11) is 2.17. The summed E-state index contributed by atoms with van der Waals surface area (Å²) in [6.45, 7) is 6.99. The van der Waals surface area contributed by atoms with Crippen molar-refractivity contribution >= 4 is 5.91 Å². The minimum Gasteiger partial charge on any atom is -0.354 e. The summed E-state index contributed by atoms with van der Waals surface area (Å²) in [6.07, 6.45) is 5.70. The van der Waals surface area contributed by atoms with E-state index in [2.05, 4.69) is 36.4 Å². The van der Waals surface area contributed by atoms with Gasteiger partial charge in [-0.1, -0.05) is 6.92 Å². The standard InChI is InChI=1S/C15H29N3O/c1-4-15(8-5-9-16-11-15)14(19)17-10-12(2)18(3)13-6-7-13/h12-13,16H,4-11H2,1-3H3,(H,17,19). The number of likely N-dealkylation sites (N-methyl/N-ethyl adjacent to an activating group) is 1. The molecule has 0 bridgehead atoms. The number of piperidine rings is 1. The molecule has 1 aliphatic carbocycles. The van der Waals surface area contributed by atoms with Crippen LogP contribution in [-0.2, 0) is 4.79 Å². The number of hydrogen-bond acceptors (Lipinski definition) is 3. The van der Waals surface area contributed by atoms with Crippen LogP contribution in [-0.4, -0.2) is 49.6 Å². The fraction of sp³-hybridized carbons (Fsp3) is 0.933. The number of amides is 1. The van der Waals surface area contributed by atoms with Crippen LogP contribution in [0, 0.1) is 5.41 Å². The Bertz CT molecular complexity index is 309. The Morgan fingerprint density at radius 3 is 2.79 bits per heavy atom. The van der Waals surface area contributed by atoms with Crippen molar-refractivity contribution in [2.75, 3.05) is 26.7 Å². The van der Waals surface area contributed by atoms with Gasteiger partial charge < -0.3 is 10.6 Å². The maximum Gasteiger partial charge on any atom is 0.227 e. The second-order valence-electron chi connectivity index (χ2n) is 6.37. The van der Waals surface area contributed by atoms with E-state index in [-0.39, 0.29) is 11.3 Å². The number of nitrogens with zero attached hydrogens (tertiary/aromatic N) is 1. The van der Waals surface area contributed by atoms with Crippen LogP contribution in [0.5, 0.6) is 0 Å². The first kappa shape index (κ1) is 14.8. The zero-order valence-corrected chi connectivity index (χ0v) is 12.7. The van der Waals surface area contributed by atoms with Crippen LogP contribution < -0.4 is 10.6 Å². The van der Waals surface area contributed by atoms with Gasteiger partial charge in [0.15, 0.2) is 0 Å². The summed E-state index contributed by atoms with van der Waals surface area (Å²) in [6, 6.07) is 1.19. The lowest BCUT2D eigenvalue weighted by Gasteiger charge is -2.36. The fourth-order valence-electron chi connectivity index (χ4n) is 3.04. The quantitative estimate of drug-likeness (QED) is 0.764. The number of hydrogen-bond donors (Lipinski definition) is 2. The van der Waals surface area contributed by atoms with E-state index in [0.717, 1.165) is 44.9 Å². The van der Waals surface area contributed by atoms with Crippen molar-refractivity contribution in [2.45, 2.75) is 58.0 Å². The molecule has 2 unspecified atom stereocenters. The molecule has 2 fully saturated rings. The summed E-state index contributed by atoms with van der Waals surface area (Å²) >= 11 is 0. The van der Waals surface area contributed by atoms with E-state index in [1.54, 1.807) is 0 Å². The molecule has 0 aromatic rings. The third-order valence-corrected chi connectivity index (χ3v) is 5.01. The van der Waals surface area contributed by atoms with Gasteiger partial charge in [0.2, 0.25) is 5.91 Å². The average Bonchev–Trinajstić information content (AvgIpc) is 3.28. The molecule has 1 heterocycles. The monoisotopic (exact) mass is 267 g/mol. The molecule has 1 amide bonds. The van der Waals surface area contributed by atoms with Crippen molar-refractivity contribution in [3.05, 3.63) is 0 Å². The van der Waals surface area contributed by atoms with Gasteiger partial charge in [-0.25, -0.2) is 0 Å². The lowest BCUT2D eigenvalue weighted by Crippen LogP contribution is -2.52. The Kier molecular flexibility index (Phi) is 4.85. The summed E-state index contributed by atoms with van der Waals surface area (Å²) in [5.41, 5.74) is -0.171. The van der Waals surface area contributed by atoms with E-state index in [9.17, 15) is 4.79 Å². The van der Waals surface area contributed by atoms with Crippen molar-refractivity contribution in [3.63, 3.8) is 0 Å². The van der Waals surface area contributed by atoms with Crippen molar-refractivity contribution in [3.8, 4) is 0 Å². The van der Waals surface area contributed by atoms with Gasteiger partial charge in [-0.3, -0.25) is 9.69 Å². The molecule has 0 radical (unpaired) electrons. The molecule has 0 aromatic heterocycles. The topological polar surface area (TPSA) is 44.4 Å². The maximum absolute atomic E-state index is 12.5. The van der Waals surface area contributed by atoms with Gasteiger partial charge in [-0.2, -0.15) is 0 Å². The molecule has 110 valence electrons. The zero-order chi connectivity index (χ0) is 13.9. The van der Waals surface area contributed by atoms with E-state index in [0.29, 0.717) is 6.04 Å². The van der Waals surface area contributed by atoms with Crippen LogP contribution in [0.3, 0.4) is 0 Å². The molecule has 0 aromatic carbocycles. The normalized spacial score (nSPS) is 29.3. The minimum absolute atomic E-state index is 0.171. The van der Waals surface area contributed by atoms with Gasteiger partial charge >= 0.3 is 0 Å². The number of carbonyl (C=O) groups is 1. The smallest absolute Gasteiger partial charge is 0.227 e. The van der Waals surface area contributed by atoms with Gasteiger partial charge in [0.05, 0.1) is 5.41 Å². The average molecular weight is 267 g/mol. The van der Waals surface area contributed by atoms with Crippen molar-refractivity contribution < 1.29 is 4.79 Å². The third kappa shape index (κ3) is 3.48. The van der Waals surface area contributed by atoms with E-state index in [4.69, 9.17) is 0 Å². The minimum atomic E-state index is -0.171. The Morgan fingerprint density at radius 2 is 2.26 bits per heavy atom. The first-order chi connectivity index (χ1) is 9.09. The molecule has 2 N–H and O–H groups in total. The Balaban J connectivity index is 1.81. The lowest BCUT2D eigenvalue weighted by molar-refractivity contribution is -0.132. The Labute approximate surface area is 117 Å². The second-order valence-corrected chi connectivity index (χ2v) is 6.37. The molecule has 1 aliphatic heterocycles. The zero-order valence-electron chi connectivity index (χ0n) is 12.7. The molecule has 0 spiro atoms. The Hall–Kier alpha value is -0.610. The third-order valence-electron chi connectivity index (χ3n) is 5.01. The Morgan fingerprint density at radius 1 is 1.53 bits per heavy atom. The SMILES string of the molecule is CCC1(C(=O)NCC(C)N(C)C2CC2)CCCNC1. The van der Waals surface area contributed by atoms with Crippen molar-refractivity contribution in [1.82, 2.24) is 15.5 Å². The number of nitrogens with one attached hydrogen (secondary N) is 2. The van der Waals surface area contributed by atoms with E-state index in [1.807, 2.05) is 0 Å². The maximum atomic E-state index is 12.5. The van der Waals surface area contributed by atoms with Gasteiger partial charge in [0.1, 0.15) is 0 Å². The molecular formula is C15H29N3O. The highest BCUT2D eigenvalue weighted by atomic mass is 16.2. The molecule has 2 atom stereocenters. The van der Waals surface area contributed by atoms with Crippen LogP contribution in [0.25, 0.3) is 0 Å². The van der Waals surface area contributed by atoms with Crippen molar-refractivity contribution in [2.24, 2.45) is 5.41 Å². The highest BCUT2D eigenvalue weighted by Crippen LogP contribution is 2.30. The molecule has 4 heteroatoms. The lowest BCUT2D eigenvalue weighted by atomic mass is 9.77. The number of carbonyl (C=O) groups excluding carboxylic acids is 1. The highest BCUT2D eigenvalue weighted by molar-refractivity contribution is 5.83.